The molecule has 0 radical (unpaired) electrons. The number of Topliss-reactive ketones (excluding diaryl/α,β-unsaturated/α-hetero) is 1. The van der Waals surface area contributed by atoms with Crippen LogP contribution >= 0.6 is 0 Å². The van der Waals surface area contributed by atoms with Crippen LogP contribution in [0.1, 0.15) is 35.2 Å². The van der Waals surface area contributed by atoms with E-state index in [0.717, 1.165) is 5.56 Å². The summed E-state index contributed by atoms with van der Waals surface area (Å²) in [4.78, 5) is 24.7. The second-order valence-electron chi connectivity index (χ2n) is 7.19. The van der Waals surface area contributed by atoms with Crippen molar-refractivity contribution in [1.82, 2.24) is 4.31 Å². The van der Waals surface area contributed by atoms with Gasteiger partial charge in [-0.05, 0) is 44.0 Å². The SMILES string of the molecule is Cc1ccc(S(=O)(=O)N2CC=CC2C(=O)CCCCOC(=O)c2ccccc2)cc1. The molecule has 3 rings (SSSR count). The zero-order valence-corrected chi connectivity index (χ0v) is 17.7. The standard InChI is InChI=1S/C23H25NO5S/c1-18-12-14-20(15-13-18)30(27,28)24-16-7-10-21(24)22(25)11-5-6-17-29-23(26)19-8-3-2-4-9-19/h2-4,7-10,12-15,21H,5-6,11,16-17H2,1H3. The van der Waals surface area contributed by atoms with Gasteiger partial charge in [0.05, 0.1) is 17.1 Å². The maximum atomic E-state index is 12.9. The minimum atomic E-state index is -3.75. The van der Waals surface area contributed by atoms with Crippen molar-refractivity contribution in [2.75, 3.05) is 13.2 Å². The molecule has 7 heteroatoms. The second kappa shape index (κ2) is 9.82. The molecule has 0 spiro atoms. The van der Waals surface area contributed by atoms with Gasteiger partial charge in [-0.1, -0.05) is 48.0 Å². The summed E-state index contributed by atoms with van der Waals surface area (Å²) in [6.45, 7) is 2.28. The summed E-state index contributed by atoms with van der Waals surface area (Å²) in [5, 5.41) is 0. The van der Waals surface area contributed by atoms with Crippen molar-refractivity contribution in [1.29, 1.82) is 0 Å². The number of rotatable bonds is 9. The summed E-state index contributed by atoms with van der Waals surface area (Å²) < 4.78 is 32.3. The first kappa shape index (κ1) is 21.9. The molecule has 1 heterocycles. The molecule has 1 unspecified atom stereocenters. The minimum absolute atomic E-state index is 0.158. The highest BCUT2D eigenvalue weighted by atomic mass is 32.2. The Morgan fingerprint density at radius 1 is 1.03 bits per heavy atom. The van der Waals surface area contributed by atoms with Crippen LogP contribution in [0.5, 0.6) is 0 Å². The van der Waals surface area contributed by atoms with Gasteiger partial charge in [-0.3, -0.25) is 4.79 Å². The summed E-state index contributed by atoms with van der Waals surface area (Å²) in [6.07, 6.45) is 4.62. The van der Waals surface area contributed by atoms with Gasteiger partial charge < -0.3 is 4.74 Å². The number of esters is 1. The van der Waals surface area contributed by atoms with Gasteiger partial charge in [0, 0.05) is 13.0 Å². The van der Waals surface area contributed by atoms with Crippen LogP contribution in [-0.2, 0) is 19.6 Å². The van der Waals surface area contributed by atoms with Gasteiger partial charge in [-0.25, -0.2) is 13.2 Å². The van der Waals surface area contributed by atoms with Crippen molar-refractivity contribution in [3.63, 3.8) is 0 Å². The zero-order chi connectivity index (χ0) is 21.6. The molecule has 1 aliphatic rings. The molecule has 0 saturated carbocycles. The molecule has 0 N–H and O–H groups in total. The monoisotopic (exact) mass is 427 g/mol. The fraction of sp³-hybridized carbons (Fsp3) is 0.304. The molecule has 0 saturated heterocycles. The number of hydrogen-bond acceptors (Lipinski definition) is 5. The molecule has 2 aromatic carbocycles. The molecule has 6 nitrogen and oxygen atoms in total. The van der Waals surface area contributed by atoms with Crippen molar-refractivity contribution < 1.29 is 22.7 Å². The molecule has 1 aliphatic heterocycles. The van der Waals surface area contributed by atoms with Gasteiger partial charge in [-0.2, -0.15) is 4.31 Å². The Kier molecular flexibility index (Phi) is 7.18. The van der Waals surface area contributed by atoms with Gasteiger partial charge in [0.1, 0.15) is 6.04 Å². The van der Waals surface area contributed by atoms with E-state index in [0.29, 0.717) is 18.4 Å². The average molecular weight is 428 g/mol. The number of sulfonamides is 1. The lowest BCUT2D eigenvalue weighted by Crippen LogP contribution is -2.40. The molecule has 0 aromatic heterocycles. The van der Waals surface area contributed by atoms with Crippen LogP contribution in [0.25, 0.3) is 0 Å². The number of carbonyl (C=O) groups is 2. The number of unbranched alkanes of at least 4 members (excludes halogenated alkanes) is 1. The maximum Gasteiger partial charge on any atom is 0.338 e. The predicted molar refractivity (Wildman–Crippen MR) is 114 cm³/mol. The first-order valence-corrected chi connectivity index (χ1v) is 11.3. The van der Waals surface area contributed by atoms with Crippen molar-refractivity contribution in [3.8, 4) is 0 Å². The Balaban J connectivity index is 1.49. The third-order valence-corrected chi connectivity index (χ3v) is 6.79. The lowest BCUT2D eigenvalue weighted by molar-refractivity contribution is -0.121. The third-order valence-electron chi connectivity index (χ3n) is 4.93. The molecule has 158 valence electrons. The van der Waals surface area contributed by atoms with Gasteiger partial charge in [0.15, 0.2) is 5.78 Å². The highest BCUT2D eigenvalue weighted by Gasteiger charge is 2.35. The predicted octanol–water partition coefficient (Wildman–Crippen LogP) is 3.52. The Morgan fingerprint density at radius 2 is 1.73 bits per heavy atom. The highest BCUT2D eigenvalue weighted by Crippen LogP contribution is 2.24. The smallest absolute Gasteiger partial charge is 0.338 e. The lowest BCUT2D eigenvalue weighted by Gasteiger charge is -2.23. The quantitative estimate of drug-likeness (QED) is 0.347. The summed E-state index contributed by atoms with van der Waals surface area (Å²) in [5.41, 5.74) is 1.45. The van der Waals surface area contributed by atoms with Crippen LogP contribution < -0.4 is 0 Å². The number of ketones is 1. The second-order valence-corrected chi connectivity index (χ2v) is 9.08. The van der Waals surface area contributed by atoms with Crippen LogP contribution in [-0.4, -0.2) is 43.7 Å². The van der Waals surface area contributed by atoms with Crippen molar-refractivity contribution >= 4 is 21.8 Å². The molecule has 0 bridgehead atoms. The normalized spacial score (nSPS) is 16.5. The van der Waals surface area contributed by atoms with E-state index in [4.69, 9.17) is 4.74 Å². The van der Waals surface area contributed by atoms with E-state index in [1.165, 1.54) is 4.31 Å². The Hall–Kier alpha value is -2.77. The van der Waals surface area contributed by atoms with E-state index in [9.17, 15) is 18.0 Å². The average Bonchev–Trinajstić information content (AvgIpc) is 3.25. The van der Waals surface area contributed by atoms with Crippen LogP contribution in [0.2, 0.25) is 0 Å². The zero-order valence-electron chi connectivity index (χ0n) is 16.9. The number of ether oxygens (including phenoxy) is 1. The Labute approximate surface area is 177 Å². The van der Waals surface area contributed by atoms with Crippen molar-refractivity contribution in [2.45, 2.75) is 37.1 Å². The van der Waals surface area contributed by atoms with Crippen LogP contribution in [0, 0.1) is 6.92 Å². The largest absolute Gasteiger partial charge is 0.462 e. The molecule has 0 fully saturated rings. The van der Waals surface area contributed by atoms with E-state index in [-0.39, 0.29) is 30.3 Å². The topological polar surface area (TPSA) is 80.8 Å². The molecule has 0 aliphatic carbocycles. The first-order valence-electron chi connectivity index (χ1n) is 9.89. The number of benzene rings is 2. The van der Waals surface area contributed by atoms with E-state index in [2.05, 4.69) is 0 Å². The fourth-order valence-corrected chi connectivity index (χ4v) is 4.76. The number of carbonyl (C=O) groups excluding carboxylic acids is 2. The van der Waals surface area contributed by atoms with Gasteiger partial charge in [-0.15, -0.1) is 0 Å². The van der Waals surface area contributed by atoms with Crippen molar-refractivity contribution in [3.05, 3.63) is 77.9 Å². The molecule has 0 amide bonds. The Morgan fingerprint density at radius 3 is 2.43 bits per heavy atom. The van der Waals surface area contributed by atoms with E-state index < -0.39 is 22.0 Å². The summed E-state index contributed by atoms with van der Waals surface area (Å²) in [7, 11) is -3.75. The highest BCUT2D eigenvalue weighted by molar-refractivity contribution is 7.89. The number of nitrogens with zero attached hydrogens (tertiary/aromatic N) is 1. The first-order chi connectivity index (χ1) is 14.4. The molecular weight excluding hydrogens is 402 g/mol. The molecule has 1 atom stereocenters. The minimum Gasteiger partial charge on any atom is -0.462 e. The van der Waals surface area contributed by atoms with Crippen LogP contribution in [0.3, 0.4) is 0 Å². The Bertz CT molecular complexity index is 1010. The molecule has 2 aromatic rings. The summed E-state index contributed by atoms with van der Waals surface area (Å²) >= 11 is 0. The van der Waals surface area contributed by atoms with E-state index in [1.807, 2.05) is 13.0 Å². The van der Waals surface area contributed by atoms with Gasteiger partial charge in [0.2, 0.25) is 10.0 Å². The summed E-state index contributed by atoms with van der Waals surface area (Å²) in [5.74, 6) is -0.551. The molecular formula is C23H25NO5S. The van der Waals surface area contributed by atoms with E-state index >= 15 is 0 Å². The van der Waals surface area contributed by atoms with Crippen LogP contribution in [0.4, 0.5) is 0 Å². The van der Waals surface area contributed by atoms with Gasteiger partial charge in [0.25, 0.3) is 0 Å². The number of hydrogen-bond donors (Lipinski definition) is 0. The van der Waals surface area contributed by atoms with Crippen LogP contribution in [0.15, 0.2) is 71.6 Å². The molecule has 30 heavy (non-hydrogen) atoms. The number of aryl methyl sites for hydroxylation is 1. The third kappa shape index (κ3) is 5.23. The van der Waals surface area contributed by atoms with Crippen molar-refractivity contribution in [2.24, 2.45) is 0 Å². The summed E-state index contributed by atoms with van der Waals surface area (Å²) in [6, 6.07) is 14.5. The van der Waals surface area contributed by atoms with E-state index in [1.54, 1.807) is 60.7 Å². The fourth-order valence-electron chi connectivity index (χ4n) is 3.24. The maximum absolute atomic E-state index is 12.9. The van der Waals surface area contributed by atoms with Gasteiger partial charge >= 0.3 is 5.97 Å². The lowest BCUT2D eigenvalue weighted by atomic mass is 10.1.